The molecule has 0 aromatic heterocycles. The number of hydrogen-bond acceptors (Lipinski definition) is 4. The summed E-state index contributed by atoms with van der Waals surface area (Å²) >= 11 is 0. The zero-order valence-electron chi connectivity index (χ0n) is 35.8. The molecular weight excluding hydrogens is 677 g/mol. The molecule has 0 spiro atoms. The number of nitrogens with zero attached hydrogens (tertiary/aromatic N) is 2. The molecular formula is C46H84N2O4S. The highest BCUT2D eigenvalue weighted by molar-refractivity contribution is 7.79. The SMILES string of the molecule is CCCCC(c1ccccc1)[N+](CCCC)(CCCC)CCCC.CCCCC(c1ccccc1)[N+](CCCC)(CCCC)CCCC.O=S(=O)([O-])[O-]. The minimum atomic E-state index is -5.17. The largest absolute Gasteiger partial charge is 0.759 e. The average molecular weight is 761 g/mol. The zero-order valence-corrected chi connectivity index (χ0v) is 36.7. The summed E-state index contributed by atoms with van der Waals surface area (Å²) in [5.41, 5.74) is 3.16. The molecule has 0 fully saturated rings. The van der Waals surface area contributed by atoms with Gasteiger partial charge in [-0.15, -0.1) is 0 Å². The molecule has 7 heteroatoms. The van der Waals surface area contributed by atoms with Gasteiger partial charge in [-0.2, -0.15) is 0 Å². The summed E-state index contributed by atoms with van der Waals surface area (Å²) in [5, 5.41) is 0. The van der Waals surface area contributed by atoms with Crippen molar-refractivity contribution in [3.05, 3.63) is 71.8 Å². The lowest BCUT2D eigenvalue weighted by Crippen LogP contribution is -2.52. The van der Waals surface area contributed by atoms with Crippen LogP contribution in [0.1, 0.15) is 194 Å². The van der Waals surface area contributed by atoms with E-state index in [0.29, 0.717) is 12.1 Å². The highest BCUT2D eigenvalue weighted by atomic mass is 32.3. The predicted octanol–water partition coefficient (Wildman–Crippen LogP) is 12.9. The van der Waals surface area contributed by atoms with Crippen LogP contribution in [-0.4, -0.2) is 65.8 Å². The van der Waals surface area contributed by atoms with Gasteiger partial charge in [0.15, 0.2) is 0 Å². The Morgan fingerprint density at radius 1 is 0.415 bits per heavy atom. The standard InChI is InChI=1S/2C23H42N.H2O4S/c2*1-5-9-18-23(22-16-14-13-15-17-22)24(19-10-6-2,20-11-7-3)21-12-8-4;1-5(2,3)4/h2*13-17,23H,5-12,18-21H2,1-4H3;(H2,1,2,3,4)/q2*+1;/p-2. The molecule has 0 radical (unpaired) electrons. The summed E-state index contributed by atoms with van der Waals surface area (Å²) in [7, 11) is -5.17. The minimum Gasteiger partial charge on any atom is -0.759 e. The summed E-state index contributed by atoms with van der Waals surface area (Å²) in [6.07, 6.45) is 24.1. The molecule has 0 aliphatic heterocycles. The monoisotopic (exact) mass is 761 g/mol. The molecule has 308 valence electrons. The van der Waals surface area contributed by atoms with Crippen LogP contribution in [0.4, 0.5) is 0 Å². The Hall–Kier alpha value is -1.77. The molecule has 6 nitrogen and oxygen atoms in total. The van der Waals surface area contributed by atoms with Gasteiger partial charge in [0, 0.05) is 34.4 Å². The number of rotatable bonds is 28. The Labute approximate surface area is 329 Å². The van der Waals surface area contributed by atoms with E-state index >= 15 is 0 Å². The lowest BCUT2D eigenvalue weighted by Gasteiger charge is -2.46. The van der Waals surface area contributed by atoms with Gasteiger partial charge in [-0.25, -0.2) is 0 Å². The van der Waals surface area contributed by atoms with E-state index in [0.717, 1.165) is 0 Å². The van der Waals surface area contributed by atoms with E-state index in [-0.39, 0.29) is 0 Å². The summed E-state index contributed by atoms with van der Waals surface area (Å²) in [5.74, 6) is 0. The number of unbranched alkanes of at least 4 members (excludes halogenated alkanes) is 8. The highest BCUT2D eigenvalue weighted by Crippen LogP contribution is 2.37. The highest BCUT2D eigenvalue weighted by Gasteiger charge is 2.37. The molecule has 2 aromatic rings. The van der Waals surface area contributed by atoms with Gasteiger partial charge >= 0.3 is 0 Å². The van der Waals surface area contributed by atoms with Crippen LogP contribution >= 0.6 is 0 Å². The van der Waals surface area contributed by atoms with Crippen LogP contribution in [0, 0.1) is 0 Å². The molecule has 2 atom stereocenters. The Bertz CT molecular complexity index is 1060. The third kappa shape index (κ3) is 22.4. The van der Waals surface area contributed by atoms with Gasteiger partial charge in [0.25, 0.3) is 0 Å². The van der Waals surface area contributed by atoms with E-state index in [9.17, 15) is 0 Å². The molecule has 0 saturated heterocycles. The van der Waals surface area contributed by atoms with Crippen LogP contribution in [0.15, 0.2) is 60.7 Å². The molecule has 0 saturated carbocycles. The summed E-state index contributed by atoms with van der Waals surface area (Å²) < 4.78 is 36.7. The van der Waals surface area contributed by atoms with E-state index in [4.69, 9.17) is 17.5 Å². The lowest BCUT2D eigenvalue weighted by atomic mass is 9.94. The Morgan fingerprint density at radius 2 is 0.623 bits per heavy atom. The average Bonchev–Trinajstić information content (AvgIpc) is 3.16. The predicted molar refractivity (Wildman–Crippen MR) is 227 cm³/mol. The number of quaternary nitrogens is 2. The van der Waals surface area contributed by atoms with E-state index < -0.39 is 10.4 Å². The van der Waals surface area contributed by atoms with Gasteiger partial charge < -0.3 is 18.1 Å². The summed E-state index contributed by atoms with van der Waals surface area (Å²) in [6, 6.07) is 24.2. The maximum Gasteiger partial charge on any atom is 0.115 e. The third-order valence-corrected chi connectivity index (χ3v) is 11.1. The normalized spacial score (nSPS) is 13.0. The Morgan fingerprint density at radius 3 is 0.811 bits per heavy atom. The maximum absolute atomic E-state index is 8.52. The fourth-order valence-electron chi connectivity index (χ4n) is 8.10. The van der Waals surface area contributed by atoms with E-state index in [1.54, 1.807) is 11.1 Å². The lowest BCUT2D eigenvalue weighted by molar-refractivity contribution is -0.958. The van der Waals surface area contributed by atoms with Crippen LogP contribution in [-0.2, 0) is 10.4 Å². The molecule has 2 unspecified atom stereocenters. The summed E-state index contributed by atoms with van der Waals surface area (Å²) in [6.45, 7) is 26.9. The van der Waals surface area contributed by atoms with E-state index in [1.807, 2.05) is 0 Å². The molecule has 0 N–H and O–H groups in total. The topological polar surface area (TPSA) is 80.3 Å². The molecule has 0 amide bonds. The van der Waals surface area contributed by atoms with Gasteiger partial charge in [-0.1, -0.05) is 167 Å². The van der Waals surface area contributed by atoms with Crippen LogP contribution in [0.25, 0.3) is 0 Å². The third-order valence-electron chi connectivity index (χ3n) is 11.1. The van der Waals surface area contributed by atoms with Crippen molar-refractivity contribution in [2.45, 2.75) is 183 Å². The van der Waals surface area contributed by atoms with Gasteiger partial charge in [-0.3, -0.25) is 8.42 Å². The first-order valence-corrected chi connectivity index (χ1v) is 23.3. The van der Waals surface area contributed by atoms with Gasteiger partial charge in [-0.05, 0) is 51.4 Å². The van der Waals surface area contributed by atoms with Crippen molar-refractivity contribution in [2.75, 3.05) is 39.3 Å². The molecule has 2 rings (SSSR count). The second-order valence-corrected chi connectivity index (χ2v) is 16.3. The second-order valence-electron chi connectivity index (χ2n) is 15.4. The Kier molecular flexibility index (Phi) is 30.4. The molecule has 2 aromatic carbocycles. The Balaban J connectivity index is 0.000000904. The van der Waals surface area contributed by atoms with Gasteiger partial charge in [0.05, 0.1) is 39.3 Å². The molecule has 0 aliphatic rings. The van der Waals surface area contributed by atoms with Crippen molar-refractivity contribution < 1.29 is 26.5 Å². The molecule has 0 bridgehead atoms. The van der Waals surface area contributed by atoms with Crippen molar-refractivity contribution in [1.82, 2.24) is 0 Å². The minimum absolute atomic E-state index is 0.691. The van der Waals surface area contributed by atoms with Crippen LogP contribution in [0.5, 0.6) is 0 Å². The maximum atomic E-state index is 8.52. The first-order valence-electron chi connectivity index (χ1n) is 22.0. The molecule has 0 aliphatic carbocycles. The van der Waals surface area contributed by atoms with Crippen molar-refractivity contribution in [3.8, 4) is 0 Å². The smallest absolute Gasteiger partial charge is 0.115 e. The fraction of sp³-hybridized carbons (Fsp3) is 0.739. The van der Waals surface area contributed by atoms with Crippen molar-refractivity contribution in [1.29, 1.82) is 0 Å². The van der Waals surface area contributed by atoms with Gasteiger partial charge in [0.1, 0.15) is 12.1 Å². The summed E-state index contributed by atoms with van der Waals surface area (Å²) in [4.78, 5) is 0. The quantitative estimate of drug-likeness (QED) is 0.0491. The van der Waals surface area contributed by atoms with Crippen molar-refractivity contribution >= 4 is 10.4 Å². The molecule has 53 heavy (non-hydrogen) atoms. The molecule has 0 heterocycles. The van der Waals surface area contributed by atoms with Crippen molar-refractivity contribution in [2.24, 2.45) is 0 Å². The second kappa shape index (κ2) is 31.4. The number of benzene rings is 2. The van der Waals surface area contributed by atoms with Gasteiger partial charge in [0.2, 0.25) is 0 Å². The van der Waals surface area contributed by atoms with E-state index in [1.165, 1.54) is 164 Å². The van der Waals surface area contributed by atoms with Crippen LogP contribution in [0.3, 0.4) is 0 Å². The van der Waals surface area contributed by atoms with E-state index in [2.05, 4.69) is 116 Å². The van der Waals surface area contributed by atoms with Crippen LogP contribution < -0.4 is 0 Å². The van der Waals surface area contributed by atoms with Crippen LogP contribution in [0.2, 0.25) is 0 Å². The first kappa shape index (κ1) is 51.2. The first-order chi connectivity index (χ1) is 25.5. The van der Waals surface area contributed by atoms with Crippen molar-refractivity contribution in [3.63, 3.8) is 0 Å². The zero-order chi connectivity index (χ0) is 39.9. The fourth-order valence-corrected chi connectivity index (χ4v) is 8.10. The number of hydrogen-bond donors (Lipinski definition) is 0.